The number of rotatable bonds is 8. The van der Waals surface area contributed by atoms with Crippen molar-refractivity contribution in [3.05, 3.63) is 35.8 Å². The lowest BCUT2D eigenvalue weighted by Crippen LogP contribution is -2.45. The molecule has 2 aromatic rings. The molecule has 2 amide bonds. The van der Waals surface area contributed by atoms with Crippen LogP contribution in [-0.2, 0) is 9.53 Å². The molecule has 0 saturated heterocycles. The van der Waals surface area contributed by atoms with Gasteiger partial charge in [0.1, 0.15) is 28.6 Å². The quantitative estimate of drug-likeness (QED) is 0.597. The molecule has 31 heavy (non-hydrogen) atoms. The van der Waals surface area contributed by atoms with Gasteiger partial charge in [0.15, 0.2) is 0 Å². The minimum atomic E-state index is -0.825. The molecule has 1 aliphatic carbocycles. The number of primary amides is 1. The first kappa shape index (κ1) is 22.8. The van der Waals surface area contributed by atoms with Gasteiger partial charge in [0.2, 0.25) is 0 Å². The first-order valence-corrected chi connectivity index (χ1v) is 10.6. The number of nitrogens with two attached hydrogens (primary N) is 1. The molecule has 1 aromatic heterocycles. The van der Waals surface area contributed by atoms with Crippen molar-refractivity contribution in [1.82, 2.24) is 15.3 Å². The molecule has 168 valence electrons. The van der Waals surface area contributed by atoms with Crippen LogP contribution in [-0.4, -0.2) is 48.1 Å². The summed E-state index contributed by atoms with van der Waals surface area (Å²) in [6.07, 6.45) is 3.82. The molecule has 0 atom stereocenters. The molecule has 8 heteroatoms. The maximum absolute atomic E-state index is 12.2. The number of H-pyrrole nitrogens is 1. The summed E-state index contributed by atoms with van der Waals surface area (Å²) in [5.74, 6) is 1.55. The summed E-state index contributed by atoms with van der Waals surface area (Å²) in [5, 5.41) is 3.00. The third kappa shape index (κ3) is 5.25. The van der Waals surface area contributed by atoms with Gasteiger partial charge in [-0.05, 0) is 69.7 Å². The number of hydrogen-bond donors (Lipinski definition) is 3. The summed E-state index contributed by atoms with van der Waals surface area (Å²) in [6, 6.07) is 7.40. The number of nitrogens with one attached hydrogen (secondary N) is 2. The van der Waals surface area contributed by atoms with Crippen LogP contribution in [0, 0.1) is 5.92 Å². The number of methoxy groups -OCH3 is 2. The molecule has 0 unspecified atom stereocenters. The zero-order valence-electron chi connectivity index (χ0n) is 18.7. The Morgan fingerprint density at radius 1 is 1.16 bits per heavy atom. The first-order valence-electron chi connectivity index (χ1n) is 10.6. The number of imidazole rings is 1. The average molecular weight is 429 g/mol. The zero-order chi connectivity index (χ0) is 22.6. The third-order valence-corrected chi connectivity index (χ3v) is 6.17. The van der Waals surface area contributed by atoms with Crippen LogP contribution in [0.1, 0.15) is 61.8 Å². The molecule has 4 N–H and O–H groups in total. The van der Waals surface area contributed by atoms with Crippen molar-refractivity contribution in [1.29, 1.82) is 0 Å². The second kappa shape index (κ2) is 9.51. The number of ether oxygens (including phenoxy) is 2. The predicted octanol–water partition coefficient (Wildman–Crippen LogP) is 3.00. The Balaban J connectivity index is 1.65. The maximum atomic E-state index is 12.2. The fourth-order valence-corrected chi connectivity index (χ4v) is 3.90. The molecular weight excluding hydrogens is 396 g/mol. The summed E-state index contributed by atoms with van der Waals surface area (Å²) >= 11 is 0. The third-order valence-electron chi connectivity index (χ3n) is 6.17. The van der Waals surface area contributed by atoms with Gasteiger partial charge in [-0.15, -0.1) is 0 Å². The molecule has 0 aliphatic heterocycles. The standard InChI is InChI=1S/C23H32N4O4/c1-23(2,31-4)22(29)25-13-14-5-7-16(8-6-14)21-26-18(19(27-21)20(24)28)15-9-11-17(30-3)12-10-15/h9-12,14,16H,5-8,13H2,1-4H3,(H2,24,28)(H,25,29)(H,26,27). The number of aromatic amines is 1. The van der Waals surface area contributed by atoms with Crippen molar-refractivity contribution in [3.8, 4) is 17.0 Å². The van der Waals surface area contributed by atoms with Crippen LogP contribution in [0.5, 0.6) is 5.75 Å². The van der Waals surface area contributed by atoms with Crippen molar-refractivity contribution in [2.24, 2.45) is 11.7 Å². The highest BCUT2D eigenvalue weighted by atomic mass is 16.5. The van der Waals surface area contributed by atoms with E-state index in [9.17, 15) is 9.59 Å². The Morgan fingerprint density at radius 3 is 2.35 bits per heavy atom. The number of carbonyl (C=O) groups is 2. The molecule has 1 saturated carbocycles. The predicted molar refractivity (Wildman–Crippen MR) is 118 cm³/mol. The second-order valence-corrected chi connectivity index (χ2v) is 8.58. The number of aromatic nitrogens is 2. The average Bonchev–Trinajstić information content (AvgIpc) is 3.23. The first-order chi connectivity index (χ1) is 14.7. The van der Waals surface area contributed by atoms with Crippen LogP contribution in [0.15, 0.2) is 24.3 Å². The van der Waals surface area contributed by atoms with Crippen LogP contribution in [0.4, 0.5) is 0 Å². The normalized spacial score (nSPS) is 19.1. The Morgan fingerprint density at radius 2 is 1.81 bits per heavy atom. The van der Waals surface area contributed by atoms with Crippen molar-refractivity contribution >= 4 is 11.8 Å². The highest BCUT2D eigenvalue weighted by Crippen LogP contribution is 2.36. The molecule has 0 radical (unpaired) electrons. The lowest BCUT2D eigenvalue weighted by Gasteiger charge is -2.29. The van der Waals surface area contributed by atoms with Crippen molar-refractivity contribution in [2.45, 2.75) is 51.0 Å². The molecular formula is C23H32N4O4. The van der Waals surface area contributed by atoms with Gasteiger partial charge in [0.05, 0.1) is 7.11 Å². The summed E-state index contributed by atoms with van der Waals surface area (Å²) in [5.41, 5.74) is 6.49. The molecule has 1 heterocycles. The van der Waals surface area contributed by atoms with Gasteiger partial charge in [0.25, 0.3) is 11.8 Å². The van der Waals surface area contributed by atoms with E-state index in [1.165, 1.54) is 7.11 Å². The van der Waals surface area contributed by atoms with E-state index in [0.717, 1.165) is 42.8 Å². The molecule has 1 aliphatic rings. The molecule has 8 nitrogen and oxygen atoms in total. The Bertz CT molecular complexity index is 912. The van der Waals surface area contributed by atoms with E-state index in [0.29, 0.717) is 23.9 Å². The Labute approximate surface area is 182 Å². The Hall–Kier alpha value is -2.87. The molecule has 1 aromatic carbocycles. The topological polar surface area (TPSA) is 119 Å². The van der Waals surface area contributed by atoms with E-state index in [1.54, 1.807) is 21.0 Å². The monoisotopic (exact) mass is 428 g/mol. The Kier molecular flexibility index (Phi) is 7.00. The van der Waals surface area contributed by atoms with E-state index in [2.05, 4.69) is 10.3 Å². The molecule has 3 rings (SSSR count). The van der Waals surface area contributed by atoms with Gasteiger partial charge in [-0.3, -0.25) is 9.59 Å². The van der Waals surface area contributed by atoms with E-state index in [4.69, 9.17) is 20.2 Å². The van der Waals surface area contributed by atoms with Crippen LogP contribution < -0.4 is 15.8 Å². The minimum Gasteiger partial charge on any atom is -0.497 e. The zero-order valence-corrected chi connectivity index (χ0v) is 18.7. The van der Waals surface area contributed by atoms with Crippen molar-refractivity contribution in [3.63, 3.8) is 0 Å². The van der Waals surface area contributed by atoms with Gasteiger partial charge in [0, 0.05) is 25.1 Å². The SMILES string of the molecule is COc1ccc(-c2nc(C3CCC(CNC(=O)C(C)(C)OC)CC3)[nH]c2C(N)=O)cc1. The van der Waals surface area contributed by atoms with E-state index < -0.39 is 11.5 Å². The van der Waals surface area contributed by atoms with E-state index in [-0.39, 0.29) is 11.8 Å². The van der Waals surface area contributed by atoms with Crippen LogP contribution >= 0.6 is 0 Å². The minimum absolute atomic E-state index is 0.0987. The largest absolute Gasteiger partial charge is 0.497 e. The van der Waals surface area contributed by atoms with Gasteiger partial charge >= 0.3 is 0 Å². The summed E-state index contributed by atoms with van der Waals surface area (Å²) in [4.78, 5) is 32.1. The second-order valence-electron chi connectivity index (χ2n) is 8.58. The molecule has 1 fully saturated rings. The number of hydrogen-bond acceptors (Lipinski definition) is 5. The molecule has 0 spiro atoms. The van der Waals surface area contributed by atoms with Crippen LogP contribution in [0.25, 0.3) is 11.3 Å². The highest BCUT2D eigenvalue weighted by molar-refractivity contribution is 5.97. The smallest absolute Gasteiger partial charge is 0.267 e. The van der Waals surface area contributed by atoms with E-state index in [1.807, 2.05) is 24.3 Å². The summed E-state index contributed by atoms with van der Waals surface area (Å²) < 4.78 is 10.4. The summed E-state index contributed by atoms with van der Waals surface area (Å²) in [6.45, 7) is 4.15. The van der Waals surface area contributed by atoms with Gasteiger partial charge in [-0.2, -0.15) is 0 Å². The number of amides is 2. The summed E-state index contributed by atoms with van der Waals surface area (Å²) in [7, 11) is 3.14. The lowest BCUT2D eigenvalue weighted by molar-refractivity contribution is -0.139. The number of benzene rings is 1. The van der Waals surface area contributed by atoms with E-state index >= 15 is 0 Å². The van der Waals surface area contributed by atoms with Gasteiger partial charge in [-0.25, -0.2) is 4.98 Å². The highest BCUT2D eigenvalue weighted by Gasteiger charge is 2.30. The fourth-order valence-electron chi connectivity index (χ4n) is 3.90. The van der Waals surface area contributed by atoms with Crippen LogP contribution in [0.2, 0.25) is 0 Å². The van der Waals surface area contributed by atoms with Gasteiger partial charge < -0.3 is 25.5 Å². The fraction of sp³-hybridized carbons (Fsp3) is 0.522. The van der Waals surface area contributed by atoms with Crippen molar-refractivity contribution < 1.29 is 19.1 Å². The number of carbonyl (C=O) groups excluding carboxylic acids is 2. The maximum Gasteiger partial charge on any atom is 0.267 e. The molecule has 0 bridgehead atoms. The van der Waals surface area contributed by atoms with Crippen LogP contribution in [0.3, 0.4) is 0 Å². The van der Waals surface area contributed by atoms with Gasteiger partial charge in [-0.1, -0.05) is 0 Å². The number of nitrogens with zero attached hydrogens (tertiary/aromatic N) is 1. The van der Waals surface area contributed by atoms with Crippen molar-refractivity contribution in [2.75, 3.05) is 20.8 Å². The lowest BCUT2D eigenvalue weighted by atomic mass is 9.81.